The van der Waals surface area contributed by atoms with Gasteiger partial charge in [0, 0.05) is 0 Å². The van der Waals surface area contributed by atoms with Gasteiger partial charge in [-0.25, -0.2) is 0 Å². The van der Waals surface area contributed by atoms with Crippen LogP contribution in [0.25, 0.3) is 10.8 Å². The van der Waals surface area contributed by atoms with E-state index < -0.39 is 0 Å². The van der Waals surface area contributed by atoms with Crippen LogP contribution in [-0.4, -0.2) is 0 Å². The SMILES string of the molecule is Cc1ccc2cccc(Cc3ccccc3)c2c1.N. The molecule has 0 spiro atoms. The molecule has 3 aromatic carbocycles. The molecule has 0 aliphatic carbocycles. The molecule has 1 nitrogen and oxygen atoms in total. The van der Waals surface area contributed by atoms with Crippen molar-refractivity contribution < 1.29 is 0 Å². The van der Waals surface area contributed by atoms with Gasteiger partial charge in [0.05, 0.1) is 0 Å². The Balaban J connectivity index is 0.00000133. The normalized spacial score (nSPS) is 10.2. The third-order valence-electron chi connectivity index (χ3n) is 3.37. The van der Waals surface area contributed by atoms with Crippen LogP contribution in [0.4, 0.5) is 0 Å². The Morgan fingerprint density at radius 2 is 1.58 bits per heavy atom. The lowest BCUT2D eigenvalue weighted by Crippen LogP contribution is -1.90. The molecule has 3 N–H and O–H groups in total. The molecule has 1 heteroatoms. The second-order valence-corrected chi connectivity index (χ2v) is 4.80. The minimum Gasteiger partial charge on any atom is -0.344 e. The van der Waals surface area contributed by atoms with E-state index in [-0.39, 0.29) is 6.15 Å². The van der Waals surface area contributed by atoms with E-state index in [2.05, 4.69) is 73.7 Å². The highest BCUT2D eigenvalue weighted by Crippen LogP contribution is 2.22. The lowest BCUT2D eigenvalue weighted by molar-refractivity contribution is 1.21. The Labute approximate surface area is 114 Å². The van der Waals surface area contributed by atoms with Gasteiger partial charge in [0.15, 0.2) is 0 Å². The smallest absolute Gasteiger partial charge is 0.00196 e. The van der Waals surface area contributed by atoms with E-state index in [0.717, 1.165) is 6.42 Å². The topological polar surface area (TPSA) is 35.0 Å². The van der Waals surface area contributed by atoms with Gasteiger partial charge in [0.1, 0.15) is 0 Å². The molecule has 0 atom stereocenters. The lowest BCUT2D eigenvalue weighted by atomic mass is 9.97. The summed E-state index contributed by atoms with van der Waals surface area (Å²) in [5.41, 5.74) is 4.09. The second kappa shape index (κ2) is 5.68. The summed E-state index contributed by atoms with van der Waals surface area (Å²) in [4.78, 5) is 0. The van der Waals surface area contributed by atoms with Crippen molar-refractivity contribution in [2.45, 2.75) is 13.3 Å². The monoisotopic (exact) mass is 249 g/mol. The molecular weight excluding hydrogens is 230 g/mol. The van der Waals surface area contributed by atoms with Gasteiger partial charge in [0.25, 0.3) is 0 Å². The largest absolute Gasteiger partial charge is 0.344 e. The van der Waals surface area contributed by atoms with Crippen LogP contribution in [0, 0.1) is 6.92 Å². The number of aryl methyl sites for hydroxylation is 1. The number of rotatable bonds is 2. The predicted octanol–water partition coefficient (Wildman–Crippen LogP) is 4.90. The molecule has 0 saturated heterocycles. The van der Waals surface area contributed by atoms with Crippen LogP contribution < -0.4 is 6.15 Å². The Bertz CT molecular complexity index is 672. The van der Waals surface area contributed by atoms with Crippen molar-refractivity contribution in [3.05, 3.63) is 83.4 Å². The summed E-state index contributed by atoms with van der Waals surface area (Å²) in [6.07, 6.45) is 1.00. The molecule has 0 amide bonds. The highest BCUT2D eigenvalue weighted by Gasteiger charge is 2.02. The summed E-state index contributed by atoms with van der Waals surface area (Å²) in [6, 6.07) is 23.9. The summed E-state index contributed by atoms with van der Waals surface area (Å²) < 4.78 is 0. The fraction of sp³-hybridized carbons (Fsp3) is 0.111. The van der Waals surface area contributed by atoms with E-state index >= 15 is 0 Å². The maximum Gasteiger partial charge on any atom is -0.00196 e. The number of benzene rings is 3. The van der Waals surface area contributed by atoms with Crippen molar-refractivity contribution in [1.29, 1.82) is 0 Å². The number of hydrogen-bond acceptors (Lipinski definition) is 1. The summed E-state index contributed by atoms with van der Waals surface area (Å²) in [5.74, 6) is 0. The number of fused-ring (bicyclic) bond motifs is 1. The Morgan fingerprint density at radius 3 is 2.37 bits per heavy atom. The quantitative estimate of drug-likeness (QED) is 0.688. The molecular formula is C18H19N. The first kappa shape index (κ1) is 13.3. The highest BCUT2D eigenvalue weighted by atomic mass is 14.1. The average molecular weight is 249 g/mol. The number of hydrogen-bond donors (Lipinski definition) is 1. The van der Waals surface area contributed by atoms with Gasteiger partial charge in [-0.05, 0) is 35.2 Å². The Hall–Kier alpha value is -2.12. The van der Waals surface area contributed by atoms with Gasteiger partial charge in [-0.3, -0.25) is 0 Å². The third kappa shape index (κ3) is 2.83. The second-order valence-electron chi connectivity index (χ2n) is 4.80. The van der Waals surface area contributed by atoms with Gasteiger partial charge in [-0.1, -0.05) is 72.3 Å². The van der Waals surface area contributed by atoms with E-state index in [1.807, 2.05) is 0 Å². The molecule has 0 aliphatic rings. The fourth-order valence-corrected chi connectivity index (χ4v) is 2.42. The zero-order valence-electron chi connectivity index (χ0n) is 11.3. The standard InChI is InChI=1S/C18H16.H3N/c1-14-10-11-16-8-5-9-17(18(16)12-14)13-15-6-3-2-4-7-15;/h2-12H,13H2,1H3;1H3. The van der Waals surface area contributed by atoms with Gasteiger partial charge >= 0.3 is 0 Å². The molecule has 3 rings (SSSR count). The molecule has 0 bridgehead atoms. The zero-order valence-corrected chi connectivity index (χ0v) is 11.3. The molecule has 0 radical (unpaired) electrons. The predicted molar refractivity (Wildman–Crippen MR) is 83.0 cm³/mol. The molecule has 19 heavy (non-hydrogen) atoms. The van der Waals surface area contributed by atoms with E-state index in [4.69, 9.17) is 0 Å². The maximum absolute atomic E-state index is 2.29. The van der Waals surface area contributed by atoms with Gasteiger partial charge in [0.2, 0.25) is 0 Å². The van der Waals surface area contributed by atoms with E-state index in [1.54, 1.807) is 0 Å². The van der Waals surface area contributed by atoms with Crippen molar-refractivity contribution >= 4 is 10.8 Å². The molecule has 96 valence electrons. The molecule has 0 heterocycles. The summed E-state index contributed by atoms with van der Waals surface area (Å²) in [7, 11) is 0. The van der Waals surface area contributed by atoms with Crippen LogP contribution in [0.1, 0.15) is 16.7 Å². The molecule has 0 aromatic heterocycles. The molecule has 0 saturated carbocycles. The van der Waals surface area contributed by atoms with Gasteiger partial charge in [-0.2, -0.15) is 0 Å². The average Bonchev–Trinajstić information content (AvgIpc) is 2.41. The molecule has 0 fully saturated rings. The third-order valence-corrected chi connectivity index (χ3v) is 3.37. The first-order valence-electron chi connectivity index (χ1n) is 6.35. The molecule has 0 aliphatic heterocycles. The van der Waals surface area contributed by atoms with Crippen LogP contribution in [0.5, 0.6) is 0 Å². The Kier molecular flexibility index (Phi) is 3.98. The van der Waals surface area contributed by atoms with Gasteiger partial charge in [-0.15, -0.1) is 0 Å². The van der Waals surface area contributed by atoms with Crippen molar-refractivity contribution in [1.82, 2.24) is 6.15 Å². The maximum atomic E-state index is 2.29. The van der Waals surface area contributed by atoms with Crippen molar-refractivity contribution in [2.75, 3.05) is 0 Å². The fourth-order valence-electron chi connectivity index (χ4n) is 2.42. The minimum atomic E-state index is 0. The van der Waals surface area contributed by atoms with Crippen molar-refractivity contribution in [2.24, 2.45) is 0 Å². The van der Waals surface area contributed by atoms with E-state index in [1.165, 1.54) is 27.5 Å². The van der Waals surface area contributed by atoms with Crippen LogP contribution >= 0.6 is 0 Å². The molecule has 3 aromatic rings. The van der Waals surface area contributed by atoms with Crippen LogP contribution in [-0.2, 0) is 6.42 Å². The minimum absolute atomic E-state index is 0. The highest BCUT2D eigenvalue weighted by molar-refractivity contribution is 5.86. The van der Waals surface area contributed by atoms with Crippen molar-refractivity contribution in [3.63, 3.8) is 0 Å². The van der Waals surface area contributed by atoms with Crippen LogP contribution in [0.2, 0.25) is 0 Å². The van der Waals surface area contributed by atoms with Gasteiger partial charge < -0.3 is 6.15 Å². The summed E-state index contributed by atoms with van der Waals surface area (Å²) in [5, 5.41) is 2.70. The Morgan fingerprint density at radius 1 is 0.789 bits per heavy atom. The summed E-state index contributed by atoms with van der Waals surface area (Å²) >= 11 is 0. The van der Waals surface area contributed by atoms with E-state index in [9.17, 15) is 0 Å². The first-order chi connectivity index (χ1) is 8.83. The van der Waals surface area contributed by atoms with Crippen molar-refractivity contribution in [3.8, 4) is 0 Å². The molecule has 0 unspecified atom stereocenters. The zero-order chi connectivity index (χ0) is 12.4. The van der Waals surface area contributed by atoms with Crippen LogP contribution in [0.15, 0.2) is 66.7 Å². The lowest BCUT2D eigenvalue weighted by Gasteiger charge is -2.07. The first-order valence-corrected chi connectivity index (χ1v) is 6.35. The van der Waals surface area contributed by atoms with Crippen LogP contribution in [0.3, 0.4) is 0 Å². The van der Waals surface area contributed by atoms with E-state index in [0.29, 0.717) is 0 Å². The summed E-state index contributed by atoms with van der Waals surface area (Å²) in [6.45, 7) is 2.15.